The maximum atomic E-state index is 5.54. The number of nitrogens with zero attached hydrogens (tertiary/aromatic N) is 3. The minimum absolute atomic E-state index is 0.806. The number of hydrogen-bond donors (Lipinski definition) is 0. The Morgan fingerprint density at radius 3 is 2.70 bits per heavy atom. The molecular weight excluding hydrogens is 318 g/mol. The average Bonchev–Trinajstić information content (AvgIpc) is 2.85. The fourth-order valence-corrected chi connectivity index (χ4v) is 2.89. The summed E-state index contributed by atoms with van der Waals surface area (Å²) in [6.07, 6.45) is 1.78. The first-order valence-electron chi connectivity index (χ1n) is 6.85. The Kier molecular flexibility index (Phi) is 4.08. The van der Waals surface area contributed by atoms with Crippen molar-refractivity contribution < 1.29 is 4.42 Å². The van der Waals surface area contributed by atoms with Gasteiger partial charge in [-0.05, 0) is 25.1 Å². The lowest BCUT2D eigenvalue weighted by molar-refractivity contribution is 0.225. The molecule has 0 unspecified atom stereocenters. The largest absolute Gasteiger partial charge is 0.445 e. The van der Waals surface area contributed by atoms with Crippen molar-refractivity contribution in [3.05, 3.63) is 46.6 Å². The molecule has 1 aromatic heterocycles. The molecule has 1 aliphatic heterocycles. The Bertz CT molecular complexity index is 576. The van der Waals surface area contributed by atoms with Crippen LogP contribution >= 0.6 is 15.9 Å². The highest BCUT2D eigenvalue weighted by Crippen LogP contribution is 2.21. The van der Waals surface area contributed by atoms with E-state index in [0.717, 1.165) is 48.8 Å². The predicted molar refractivity (Wildman–Crippen MR) is 82.9 cm³/mol. The van der Waals surface area contributed by atoms with Gasteiger partial charge in [-0.25, -0.2) is 4.98 Å². The number of anilines is 1. The highest BCUT2D eigenvalue weighted by Gasteiger charge is 2.18. The first-order valence-corrected chi connectivity index (χ1v) is 7.64. The van der Waals surface area contributed by atoms with E-state index in [2.05, 4.69) is 55.0 Å². The van der Waals surface area contributed by atoms with Crippen molar-refractivity contribution in [3.63, 3.8) is 0 Å². The maximum Gasteiger partial charge on any atom is 0.208 e. The first-order chi connectivity index (χ1) is 9.70. The van der Waals surface area contributed by atoms with Gasteiger partial charge in [-0.2, -0.15) is 0 Å². The normalized spacial score (nSPS) is 16.6. The van der Waals surface area contributed by atoms with Crippen LogP contribution in [0.3, 0.4) is 0 Å². The topological polar surface area (TPSA) is 32.5 Å². The molecule has 20 heavy (non-hydrogen) atoms. The minimum Gasteiger partial charge on any atom is -0.445 e. The summed E-state index contributed by atoms with van der Waals surface area (Å²) in [6.45, 7) is 6.88. The summed E-state index contributed by atoms with van der Waals surface area (Å²) in [4.78, 5) is 9.08. The highest BCUT2D eigenvalue weighted by atomic mass is 79.9. The van der Waals surface area contributed by atoms with E-state index in [4.69, 9.17) is 4.42 Å². The summed E-state index contributed by atoms with van der Waals surface area (Å²) < 4.78 is 6.67. The number of benzene rings is 1. The quantitative estimate of drug-likeness (QED) is 0.862. The SMILES string of the molecule is Cc1cnc(CN2CCN(c3cccc(Br)c3)CC2)o1. The molecule has 0 amide bonds. The van der Waals surface area contributed by atoms with E-state index in [1.807, 2.05) is 6.92 Å². The third kappa shape index (κ3) is 3.22. The zero-order valence-corrected chi connectivity index (χ0v) is 13.1. The van der Waals surface area contributed by atoms with Crippen LogP contribution in [0.5, 0.6) is 0 Å². The van der Waals surface area contributed by atoms with Crippen LogP contribution in [0.1, 0.15) is 11.7 Å². The van der Waals surface area contributed by atoms with Crippen molar-refractivity contribution in [2.45, 2.75) is 13.5 Å². The average molecular weight is 336 g/mol. The van der Waals surface area contributed by atoms with Crippen molar-refractivity contribution in [1.29, 1.82) is 0 Å². The van der Waals surface area contributed by atoms with E-state index >= 15 is 0 Å². The Labute approximate surface area is 127 Å². The standard InChI is InChI=1S/C15H18BrN3O/c1-12-10-17-15(20-12)11-18-5-7-19(8-6-18)14-4-2-3-13(16)9-14/h2-4,9-10H,5-8,11H2,1H3. The van der Waals surface area contributed by atoms with Crippen LogP contribution in [0, 0.1) is 6.92 Å². The second kappa shape index (κ2) is 5.97. The fraction of sp³-hybridized carbons (Fsp3) is 0.400. The zero-order chi connectivity index (χ0) is 13.9. The lowest BCUT2D eigenvalue weighted by atomic mass is 10.2. The number of piperazine rings is 1. The molecule has 1 saturated heterocycles. The summed E-state index contributed by atoms with van der Waals surface area (Å²) in [7, 11) is 0. The summed E-state index contributed by atoms with van der Waals surface area (Å²) in [6, 6.07) is 8.48. The molecule has 1 fully saturated rings. The lowest BCUT2D eigenvalue weighted by Crippen LogP contribution is -2.46. The van der Waals surface area contributed by atoms with Crippen LogP contribution in [-0.4, -0.2) is 36.1 Å². The zero-order valence-electron chi connectivity index (χ0n) is 11.6. The second-order valence-corrected chi connectivity index (χ2v) is 6.02. The number of aromatic nitrogens is 1. The minimum atomic E-state index is 0.806. The Morgan fingerprint density at radius 2 is 2.05 bits per heavy atom. The maximum absolute atomic E-state index is 5.54. The smallest absolute Gasteiger partial charge is 0.208 e. The molecule has 2 heterocycles. The van der Waals surface area contributed by atoms with E-state index in [1.165, 1.54) is 5.69 Å². The van der Waals surface area contributed by atoms with Gasteiger partial charge in [0.25, 0.3) is 0 Å². The van der Waals surface area contributed by atoms with Gasteiger partial charge in [-0.1, -0.05) is 22.0 Å². The highest BCUT2D eigenvalue weighted by molar-refractivity contribution is 9.10. The lowest BCUT2D eigenvalue weighted by Gasteiger charge is -2.35. The van der Waals surface area contributed by atoms with E-state index < -0.39 is 0 Å². The fourth-order valence-electron chi connectivity index (χ4n) is 2.50. The summed E-state index contributed by atoms with van der Waals surface area (Å²) in [5, 5.41) is 0. The van der Waals surface area contributed by atoms with Crippen molar-refractivity contribution >= 4 is 21.6 Å². The summed E-state index contributed by atoms with van der Waals surface area (Å²) in [5.74, 6) is 1.70. The molecule has 2 aromatic rings. The van der Waals surface area contributed by atoms with Gasteiger partial charge in [0.2, 0.25) is 5.89 Å². The van der Waals surface area contributed by atoms with Gasteiger partial charge in [0, 0.05) is 36.3 Å². The van der Waals surface area contributed by atoms with Crippen LogP contribution < -0.4 is 4.90 Å². The van der Waals surface area contributed by atoms with Gasteiger partial charge in [-0.3, -0.25) is 4.90 Å². The van der Waals surface area contributed by atoms with E-state index in [-0.39, 0.29) is 0 Å². The van der Waals surface area contributed by atoms with Gasteiger partial charge in [0.1, 0.15) is 5.76 Å². The molecule has 0 bridgehead atoms. The molecule has 0 spiro atoms. The van der Waals surface area contributed by atoms with Gasteiger partial charge in [-0.15, -0.1) is 0 Å². The van der Waals surface area contributed by atoms with Gasteiger partial charge in [0.05, 0.1) is 12.7 Å². The van der Waals surface area contributed by atoms with Crippen LogP contribution in [0.25, 0.3) is 0 Å². The number of rotatable bonds is 3. The van der Waals surface area contributed by atoms with E-state index in [9.17, 15) is 0 Å². The van der Waals surface area contributed by atoms with Crippen LogP contribution in [0.15, 0.2) is 39.4 Å². The molecule has 1 aliphatic rings. The van der Waals surface area contributed by atoms with Crippen molar-refractivity contribution in [2.75, 3.05) is 31.1 Å². The van der Waals surface area contributed by atoms with Crippen molar-refractivity contribution in [1.82, 2.24) is 9.88 Å². The Morgan fingerprint density at radius 1 is 1.25 bits per heavy atom. The summed E-state index contributed by atoms with van der Waals surface area (Å²) in [5.41, 5.74) is 1.28. The molecule has 4 nitrogen and oxygen atoms in total. The molecule has 0 saturated carbocycles. The van der Waals surface area contributed by atoms with Crippen LogP contribution in [-0.2, 0) is 6.54 Å². The molecule has 0 radical (unpaired) electrons. The molecule has 0 atom stereocenters. The number of hydrogen-bond acceptors (Lipinski definition) is 4. The van der Waals surface area contributed by atoms with Gasteiger partial charge >= 0.3 is 0 Å². The van der Waals surface area contributed by atoms with Crippen molar-refractivity contribution in [2.24, 2.45) is 0 Å². The first kappa shape index (κ1) is 13.6. The molecule has 5 heteroatoms. The third-order valence-electron chi connectivity index (χ3n) is 3.57. The number of oxazole rings is 1. The molecule has 0 N–H and O–H groups in total. The second-order valence-electron chi connectivity index (χ2n) is 5.11. The Hall–Kier alpha value is -1.33. The summed E-state index contributed by atoms with van der Waals surface area (Å²) >= 11 is 3.53. The monoisotopic (exact) mass is 335 g/mol. The molecule has 0 aliphatic carbocycles. The molecule has 1 aromatic carbocycles. The third-order valence-corrected chi connectivity index (χ3v) is 4.07. The number of halogens is 1. The van der Waals surface area contributed by atoms with Crippen LogP contribution in [0.2, 0.25) is 0 Å². The van der Waals surface area contributed by atoms with Crippen LogP contribution in [0.4, 0.5) is 5.69 Å². The van der Waals surface area contributed by atoms with E-state index in [1.54, 1.807) is 6.20 Å². The molecule has 106 valence electrons. The molecule has 3 rings (SSSR count). The van der Waals surface area contributed by atoms with E-state index in [0.29, 0.717) is 0 Å². The predicted octanol–water partition coefficient (Wildman–Crippen LogP) is 3.07. The Balaban J connectivity index is 1.57. The van der Waals surface area contributed by atoms with Crippen molar-refractivity contribution in [3.8, 4) is 0 Å². The van der Waals surface area contributed by atoms with Gasteiger partial charge < -0.3 is 9.32 Å². The molecular formula is C15H18BrN3O. The van der Waals surface area contributed by atoms with Gasteiger partial charge in [0.15, 0.2) is 0 Å². The number of aryl methyl sites for hydroxylation is 1.